The molecule has 0 radical (unpaired) electrons. The van der Waals surface area contributed by atoms with E-state index in [0.717, 1.165) is 0 Å². The summed E-state index contributed by atoms with van der Waals surface area (Å²) < 4.78 is 49.4. The lowest BCUT2D eigenvalue weighted by Crippen LogP contribution is -2.36. The molecule has 0 aliphatic heterocycles. The zero-order valence-corrected chi connectivity index (χ0v) is 14.9. The summed E-state index contributed by atoms with van der Waals surface area (Å²) >= 11 is 0. The number of nitrogens with zero attached hydrogens (tertiary/aromatic N) is 3. The minimum absolute atomic E-state index is 0.265. The number of hydrogen-bond acceptors (Lipinski definition) is 5. The average Bonchev–Trinajstić information content (AvgIpc) is 3.10. The zero-order valence-electron chi connectivity index (χ0n) is 14.9. The van der Waals surface area contributed by atoms with Crippen LogP contribution in [0.2, 0.25) is 0 Å². The Hall–Kier alpha value is -3.14. The lowest BCUT2D eigenvalue weighted by molar-refractivity contribution is -0.173. The van der Waals surface area contributed by atoms with Gasteiger partial charge in [-0.25, -0.2) is 9.50 Å². The van der Waals surface area contributed by atoms with Crippen LogP contribution in [0.15, 0.2) is 42.7 Å². The Balaban J connectivity index is 1.89. The molecule has 1 N–H and O–H groups in total. The second-order valence-electron chi connectivity index (χ2n) is 5.84. The molecule has 148 valence electrons. The van der Waals surface area contributed by atoms with Gasteiger partial charge in [-0.05, 0) is 35.9 Å². The Labute approximate surface area is 158 Å². The van der Waals surface area contributed by atoms with Crippen molar-refractivity contribution < 1.29 is 27.4 Å². The summed E-state index contributed by atoms with van der Waals surface area (Å²) in [5.41, 5.74) is 2.25. The van der Waals surface area contributed by atoms with E-state index < -0.39 is 12.1 Å². The van der Waals surface area contributed by atoms with Crippen LogP contribution in [-0.4, -0.2) is 47.0 Å². The van der Waals surface area contributed by atoms with Crippen LogP contribution in [0.5, 0.6) is 5.75 Å². The van der Waals surface area contributed by atoms with Gasteiger partial charge in [0.05, 0.1) is 18.5 Å². The molecule has 28 heavy (non-hydrogen) atoms. The van der Waals surface area contributed by atoms with E-state index in [1.54, 1.807) is 47.2 Å². The summed E-state index contributed by atoms with van der Waals surface area (Å²) in [6.45, 7) is 0.308. The first kappa shape index (κ1) is 19.6. The predicted molar refractivity (Wildman–Crippen MR) is 93.7 cm³/mol. The number of imidazole rings is 1. The van der Waals surface area contributed by atoms with Gasteiger partial charge in [-0.1, -0.05) is 0 Å². The highest BCUT2D eigenvalue weighted by molar-refractivity contribution is 5.81. The Morgan fingerprint density at radius 1 is 1.25 bits per heavy atom. The van der Waals surface area contributed by atoms with Crippen LogP contribution in [0, 0.1) is 0 Å². The average molecular weight is 394 g/mol. The molecular weight excluding hydrogens is 377 g/mol. The highest BCUT2D eigenvalue weighted by atomic mass is 19.4. The first-order chi connectivity index (χ1) is 13.4. The van der Waals surface area contributed by atoms with Crippen LogP contribution in [-0.2, 0) is 16.1 Å². The molecule has 3 aromatic rings. The summed E-state index contributed by atoms with van der Waals surface area (Å²) in [7, 11) is 1.53. The lowest BCUT2D eigenvalue weighted by atomic mass is 10.1. The van der Waals surface area contributed by atoms with Crippen LogP contribution in [0.4, 0.5) is 13.2 Å². The Morgan fingerprint density at radius 3 is 2.79 bits per heavy atom. The fourth-order valence-corrected chi connectivity index (χ4v) is 2.49. The van der Waals surface area contributed by atoms with E-state index in [-0.39, 0.29) is 13.2 Å². The third-order valence-electron chi connectivity index (χ3n) is 3.77. The van der Waals surface area contributed by atoms with Crippen molar-refractivity contribution in [3.8, 4) is 17.0 Å². The molecule has 0 saturated carbocycles. The van der Waals surface area contributed by atoms with Gasteiger partial charge in [-0.3, -0.25) is 4.79 Å². The van der Waals surface area contributed by atoms with Crippen LogP contribution >= 0.6 is 0 Å². The van der Waals surface area contributed by atoms with Gasteiger partial charge in [-0.2, -0.15) is 18.3 Å². The molecule has 1 amide bonds. The van der Waals surface area contributed by atoms with Crippen LogP contribution in [0.3, 0.4) is 0 Å². The minimum atomic E-state index is -4.94. The van der Waals surface area contributed by atoms with Crippen molar-refractivity contribution in [2.45, 2.75) is 12.7 Å². The van der Waals surface area contributed by atoms with Gasteiger partial charge in [0.2, 0.25) is 0 Å². The van der Waals surface area contributed by atoms with Gasteiger partial charge < -0.3 is 14.8 Å². The fraction of sp³-hybridized carbons (Fsp3) is 0.278. The number of amides is 1. The predicted octanol–water partition coefficient (Wildman–Crippen LogP) is 2.60. The molecular formula is C18H17F3N4O3. The van der Waals surface area contributed by atoms with E-state index in [1.165, 1.54) is 7.11 Å². The van der Waals surface area contributed by atoms with E-state index in [2.05, 4.69) is 10.1 Å². The van der Waals surface area contributed by atoms with Crippen molar-refractivity contribution in [3.05, 3.63) is 48.3 Å². The van der Waals surface area contributed by atoms with Crippen LogP contribution in [0.25, 0.3) is 16.9 Å². The number of carbonyl (C=O) groups excluding carboxylic acids is 1. The van der Waals surface area contributed by atoms with Crippen molar-refractivity contribution >= 4 is 11.6 Å². The van der Waals surface area contributed by atoms with Gasteiger partial charge >= 0.3 is 12.1 Å². The molecule has 3 rings (SSSR count). The summed E-state index contributed by atoms with van der Waals surface area (Å²) in [4.78, 5) is 15.5. The van der Waals surface area contributed by atoms with E-state index in [1.807, 2.05) is 5.32 Å². The van der Waals surface area contributed by atoms with Crippen LogP contribution in [0.1, 0.15) is 5.56 Å². The van der Waals surface area contributed by atoms with Crippen LogP contribution < -0.4 is 10.1 Å². The van der Waals surface area contributed by atoms with Crippen molar-refractivity contribution in [2.75, 3.05) is 20.3 Å². The normalized spacial score (nSPS) is 11.6. The van der Waals surface area contributed by atoms with Crippen molar-refractivity contribution in [2.24, 2.45) is 0 Å². The smallest absolute Gasteiger partial charge is 0.471 e. The van der Waals surface area contributed by atoms with Crippen molar-refractivity contribution in [1.82, 2.24) is 19.9 Å². The molecule has 0 fully saturated rings. The second kappa shape index (κ2) is 8.26. The maximum Gasteiger partial charge on any atom is 0.471 e. The first-order valence-electron chi connectivity index (χ1n) is 8.28. The number of nitrogens with one attached hydrogen (secondary N) is 1. The topological polar surface area (TPSA) is 77.8 Å². The molecule has 10 heteroatoms. The molecule has 0 aliphatic rings. The third-order valence-corrected chi connectivity index (χ3v) is 3.77. The van der Waals surface area contributed by atoms with E-state index in [4.69, 9.17) is 9.47 Å². The highest BCUT2D eigenvalue weighted by Gasteiger charge is 2.38. The molecule has 7 nitrogen and oxygen atoms in total. The molecule has 2 aromatic heterocycles. The minimum Gasteiger partial charge on any atom is -0.491 e. The molecule has 1 aromatic carbocycles. The first-order valence-corrected chi connectivity index (χ1v) is 8.28. The van der Waals surface area contributed by atoms with Gasteiger partial charge in [0.15, 0.2) is 5.65 Å². The van der Waals surface area contributed by atoms with Crippen molar-refractivity contribution in [3.63, 3.8) is 0 Å². The van der Waals surface area contributed by atoms with Gasteiger partial charge in [0, 0.05) is 25.4 Å². The summed E-state index contributed by atoms with van der Waals surface area (Å²) in [5.74, 6) is -1.58. The number of halogens is 3. The maximum atomic E-state index is 12.4. The number of carbonyl (C=O) groups is 1. The number of benzene rings is 1. The monoisotopic (exact) mass is 394 g/mol. The molecule has 0 saturated heterocycles. The molecule has 0 unspecified atom stereocenters. The van der Waals surface area contributed by atoms with E-state index in [9.17, 15) is 18.0 Å². The van der Waals surface area contributed by atoms with Gasteiger partial charge in [0.25, 0.3) is 0 Å². The molecule has 0 aliphatic carbocycles. The number of aromatic nitrogens is 3. The standard InChI is InChI=1S/C18H17F3N4O3/c1-27-5-6-28-14-8-12(10-22-17(26)18(19,20)21)7-13(9-14)15-11-25-16(24-15)3-2-4-23-25/h2-4,7-9,11H,5-6,10H2,1H3,(H,22,26). The number of ether oxygens (including phenoxy) is 2. The zero-order chi connectivity index (χ0) is 20.1. The number of hydrogen-bond donors (Lipinski definition) is 1. The molecule has 0 bridgehead atoms. The number of methoxy groups -OCH3 is 1. The number of alkyl halides is 3. The molecule has 0 atom stereocenters. The SMILES string of the molecule is COCCOc1cc(CNC(=O)C(F)(F)F)cc(-c2cn3ncccc3n2)c1. The van der Waals surface area contributed by atoms with E-state index >= 15 is 0 Å². The van der Waals surface area contributed by atoms with Crippen molar-refractivity contribution in [1.29, 1.82) is 0 Å². The third kappa shape index (κ3) is 4.77. The second-order valence-corrected chi connectivity index (χ2v) is 5.84. The quantitative estimate of drug-likeness (QED) is 0.624. The Bertz CT molecular complexity index is 939. The summed E-state index contributed by atoms with van der Waals surface area (Å²) in [6.07, 6.45) is -1.63. The Morgan fingerprint density at radius 2 is 2.07 bits per heavy atom. The molecule has 0 spiro atoms. The van der Waals surface area contributed by atoms with E-state index in [0.29, 0.717) is 34.8 Å². The fourth-order valence-electron chi connectivity index (χ4n) is 2.49. The van der Waals surface area contributed by atoms with Gasteiger partial charge in [0.1, 0.15) is 12.4 Å². The summed E-state index contributed by atoms with van der Waals surface area (Å²) in [5, 5.41) is 6.00. The number of rotatable bonds is 7. The Kier molecular flexibility index (Phi) is 5.78. The summed E-state index contributed by atoms with van der Waals surface area (Å²) in [6, 6.07) is 8.44. The van der Waals surface area contributed by atoms with Gasteiger partial charge in [-0.15, -0.1) is 0 Å². The largest absolute Gasteiger partial charge is 0.491 e. The highest BCUT2D eigenvalue weighted by Crippen LogP contribution is 2.26. The maximum absolute atomic E-state index is 12.4. The lowest BCUT2D eigenvalue weighted by Gasteiger charge is -2.12. The molecule has 2 heterocycles. The number of fused-ring (bicyclic) bond motifs is 1.